The first-order valence-electron chi connectivity index (χ1n) is 3.79. The molecule has 4 nitrogen and oxygen atoms in total. The first-order valence-corrected chi connectivity index (χ1v) is 3.79. The van der Waals surface area contributed by atoms with Crippen molar-refractivity contribution >= 4 is 16.5 Å². The van der Waals surface area contributed by atoms with Crippen LogP contribution in [0.4, 0.5) is 5.69 Å². The number of phenols is 1. The molecule has 66 valence electrons. The van der Waals surface area contributed by atoms with Crippen LogP contribution in [0.15, 0.2) is 29.2 Å². The van der Waals surface area contributed by atoms with Crippen LogP contribution in [0.5, 0.6) is 5.75 Å². The molecule has 0 amide bonds. The molecule has 1 heterocycles. The van der Waals surface area contributed by atoms with E-state index in [4.69, 9.17) is 5.73 Å². The molecule has 0 fully saturated rings. The summed E-state index contributed by atoms with van der Waals surface area (Å²) < 4.78 is 0. The number of aromatic hydroxyl groups is 1. The summed E-state index contributed by atoms with van der Waals surface area (Å²) in [6.45, 7) is 0. The highest BCUT2D eigenvalue weighted by Crippen LogP contribution is 2.26. The van der Waals surface area contributed by atoms with Crippen molar-refractivity contribution in [3.05, 3.63) is 34.7 Å². The summed E-state index contributed by atoms with van der Waals surface area (Å²) in [5, 5.41) is 10.3. The van der Waals surface area contributed by atoms with E-state index in [2.05, 4.69) is 4.98 Å². The lowest BCUT2D eigenvalue weighted by Gasteiger charge is -2.02. The second-order valence-corrected chi connectivity index (χ2v) is 2.77. The second kappa shape index (κ2) is 2.52. The third-order valence-corrected chi connectivity index (χ3v) is 1.93. The summed E-state index contributed by atoms with van der Waals surface area (Å²) in [5.41, 5.74) is 5.71. The minimum absolute atomic E-state index is 0.0288. The van der Waals surface area contributed by atoms with Crippen LogP contribution in [0.2, 0.25) is 0 Å². The number of hydrogen-bond donors (Lipinski definition) is 3. The monoisotopic (exact) mass is 176 g/mol. The van der Waals surface area contributed by atoms with Crippen LogP contribution < -0.4 is 11.3 Å². The van der Waals surface area contributed by atoms with E-state index < -0.39 is 0 Å². The Labute approximate surface area is 73.6 Å². The van der Waals surface area contributed by atoms with Crippen LogP contribution in [-0.2, 0) is 0 Å². The third kappa shape index (κ3) is 1.03. The molecule has 13 heavy (non-hydrogen) atoms. The lowest BCUT2D eigenvalue weighted by atomic mass is 10.1. The van der Waals surface area contributed by atoms with Gasteiger partial charge in [0.1, 0.15) is 5.75 Å². The quantitative estimate of drug-likeness (QED) is 0.555. The SMILES string of the molecule is Nc1c[nH]c(=O)c2cccc(O)c12. The van der Waals surface area contributed by atoms with Crippen LogP contribution >= 0.6 is 0 Å². The number of nitrogens with two attached hydrogens (primary N) is 1. The van der Waals surface area contributed by atoms with Crippen molar-refractivity contribution in [1.82, 2.24) is 4.98 Å². The maximum absolute atomic E-state index is 11.3. The number of pyridine rings is 1. The van der Waals surface area contributed by atoms with Gasteiger partial charge in [0.25, 0.3) is 5.56 Å². The Bertz CT molecular complexity index is 508. The Morgan fingerprint density at radius 1 is 1.38 bits per heavy atom. The number of nitrogens with one attached hydrogen (secondary N) is 1. The predicted molar refractivity (Wildman–Crippen MR) is 50.6 cm³/mol. The molecule has 0 unspecified atom stereocenters. The number of nitrogen functional groups attached to an aromatic ring is 1. The molecule has 0 saturated carbocycles. The van der Waals surface area contributed by atoms with Crippen molar-refractivity contribution in [3.8, 4) is 5.75 Å². The van der Waals surface area contributed by atoms with E-state index in [1.807, 2.05) is 0 Å². The maximum Gasteiger partial charge on any atom is 0.256 e. The van der Waals surface area contributed by atoms with Gasteiger partial charge in [-0.15, -0.1) is 0 Å². The highest BCUT2D eigenvalue weighted by atomic mass is 16.3. The van der Waals surface area contributed by atoms with Crippen molar-refractivity contribution in [2.24, 2.45) is 0 Å². The van der Waals surface area contributed by atoms with Gasteiger partial charge in [0, 0.05) is 6.20 Å². The van der Waals surface area contributed by atoms with Crippen LogP contribution in [0, 0.1) is 0 Å². The van der Waals surface area contributed by atoms with Gasteiger partial charge in [-0.1, -0.05) is 6.07 Å². The molecular weight excluding hydrogens is 168 g/mol. The molecule has 0 radical (unpaired) electrons. The number of phenolic OH excluding ortho intramolecular Hbond substituents is 1. The Hall–Kier alpha value is -1.97. The van der Waals surface area contributed by atoms with Crippen molar-refractivity contribution < 1.29 is 5.11 Å². The summed E-state index contributed by atoms with van der Waals surface area (Å²) in [6, 6.07) is 4.72. The summed E-state index contributed by atoms with van der Waals surface area (Å²) in [6.07, 6.45) is 1.38. The molecule has 4 N–H and O–H groups in total. The molecule has 2 rings (SSSR count). The Kier molecular flexibility index (Phi) is 1.48. The van der Waals surface area contributed by atoms with Crippen LogP contribution in [0.25, 0.3) is 10.8 Å². The number of hydrogen-bond acceptors (Lipinski definition) is 3. The Morgan fingerprint density at radius 2 is 2.15 bits per heavy atom. The molecule has 0 aliphatic rings. The van der Waals surface area contributed by atoms with Crippen LogP contribution in [-0.4, -0.2) is 10.1 Å². The van der Waals surface area contributed by atoms with E-state index in [9.17, 15) is 9.90 Å². The molecule has 0 saturated heterocycles. The molecule has 1 aromatic carbocycles. The Morgan fingerprint density at radius 3 is 2.85 bits per heavy atom. The summed E-state index contributed by atoms with van der Waals surface area (Å²) in [7, 11) is 0. The number of aromatic nitrogens is 1. The summed E-state index contributed by atoms with van der Waals surface area (Å²) in [4.78, 5) is 13.7. The topological polar surface area (TPSA) is 79.1 Å². The lowest BCUT2D eigenvalue weighted by molar-refractivity contribution is 0.482. The molecule has 2 aromatic rings. The number of fused-ring (bicyclic) bond motifs is 1. The van der Waals surface area contributed by atoms with Gasteiger partial charge >= 0.3 is 0 Å². The Balaban J connectivity index is 3.09. The smallest absolute Gasteiger partial charge is 0.256 e. The molecule has 4 heteroatoms. The average molecular weight is 176 g/mol. The zero-order valence-electron chi connectivity index (χ0n) is 6.74. The van der Waals surface area contributed by atoms with E-state index in [0.717, 1.165) is 0 Å². The molecule has 0 bridgehead atoms. The van der Waals surface area contributed by atoms with Crippen molar-refractivity contribution in [2.45, 2.75) is 0 Å². The fraction of sp³-hybridized carbons (Fsp3) is 0. The third-order valence-electron chi connectivity index (χ3n) is 1.93. The number of benzene rings is 1. The number of aromatic amines is 1. The number of H-pyrrole nitrogens is 1. The predicted octanol–water partition coefficient (Wildman–Crippen LogP) is 0.816. The van der Waals surface area contributed by atoms with Crippen LogP contribution in [0.3, 0.4) is 0 Å². The minimum atomic E-state index is -0.250. The van der Waals surface area contributed by atoms with Crippen molar-refractivity contribution in [3.63, 3.8) is 0 Å². The van der Waals surface area contributed by atoms with Gasteiger partial charge in [-0.2, -0.15) is 0 Å². The van der Waals surface area contributed by atoms with Gasteiger partial charge < -0.3 is 15.8 Å². The van der Waals surface area contributed by atoms with E-state index in [1.54, 1.807) is 12.1 Å². The fourth-order valence-corrected chi connectivity index (χ4v) is 1.33. The number of anilines is 1. The minimum Gasteiger partial charge on any atom is -0.507 e. The van der Waals surface area contributed by atoms with E-state index in [0.29, 0.717) is 16.5 Å². The van der Waals surface area contributed by atoms with Gasteiger partial charge in [0.2, 0.25) is 0 Å². The second-order valence-electron chi connectivity index (χ2n) is 2.77. The first-order chi connectivity index (χ1) is 6.20. The summed E-state index contributed by atoms with van der Waals surface area (Å²) >= 11 is 0. The number of rotatable bonds is 0. The molecule has 1 aromatic heterocycles. The van der Waals surface area contributed by atoms with Gasteiger partial charge in [-0.25, -0.2) is 0 Å². The van der Waals surface area contributed by atoms with E-state index in [-0.39, 0.29) is 11.3 Å². The molecular formula is C9H8N2O2. The molecule has 0 aliphatic heterocycles. The van der Waals surface area contributed by atoms with Crippen molar-refractivity contribution in [2.75, 3.05) is 5.73 Å². The highest BCUT2D eigenvalue weighted by Gasteiger charge is 2.05. The summed E-state index contributed by atoms with van der Waals surface area (Å²) in [5.74, 6) is 0.0288. The molecule has 0 aliphatic carbocycles. The van der Waals surface area contributed by atoms with Gasteiger partial charge in [-0.3, -0.25) is 4.79 Å². The average Bonchev–Trinajstić information content (AvgIpc) is 2.12. The van der Waals surface area contributed by atoms with Gasteiger partial charge in [0.15, 0.2) is 0 Å². The van der Waals surface area contributed by atoms with Crippen LogP contribution in [0.1, 0.15) is 0 Å². The first kappa shape index (κ1) is 7.67. The van der Waals surface area contributed by atoms with Crippen molar-refractivity contribution in [1.29, 1.82) is 0 Å². The zero-order valence-corrected chi connectivity index (χ0v) is 6.74. The van der Waals surface area contributed by atoms with Gasteiger partial charge in [0.05, 0.1) is 16.5 Å². The lowest BCUT2D eigenvalue weighted by Crippen LogP contribution is -2.06. The molecule has 0 atom stereocenters. The highest BCUT2D eigenvalue weighted by molar-refractivity contribution is 5.96. The maximum atomic E-state index is 11.3. The van der Waals surface area contributed by atoms with E-state index in [1.165, 1.54) is 12.3 Å². The normalized spacial score (nSPS) is 10.5. The standard InChI is InChI=1S/C9H8N2O2/c10-6-4-11-9(13)5-2-1-3-7(12)8(5)6/h1-4,12H,10H2,(H,11,13). The van der Waals surface area contributed by atoms with E-state index >= 15 is 0 Å². The molecule has 0 spiro atoms. The van der Waals surface area contributed by atoms with Gasteiger partial charge in [-0.05, 0) is 12.1 Å². The fourth-order valence-electron chi connectivity index (χ4n) is 1.33. The largest absolute Gasteiger partial charge is 0.507 e. The zero-order chi connectivity index (χ0) is 9.42.